The zero-order valence-corrected chi connectivity index (χ0v) is 22.7. The molecule has 0 aromatic heterocycles. The fourth-order valence-electron chi connectivity index (χ4n) is 3.94. The Morgan fingerprint density at radius 1 is 0.725 bits per heavy atom. The van der Waals surface area contributed by atoms with E-state index in [2.05, 4.69) is 0 Å². The molecule has 0 aliphatic carbocycles. The van der Waals surface area contributed by atoms with Gasteiger partial charge in [-0.2, -0.15) is 17.6 Å². The summed E-state index contributed by atoms with van der Waals surface area (Å²) < 4.78 is 94.7. The Morgan fingerprint density at radius 3 is 1.35 bits per heavy atom. The summed E-state index contributed by atoms with van der Waals surface area (Å²) in [4.78, 5) is 12.2. The summed E-state index contributed by atoms with van der Waals surface area (Å²) in [7, 11) is 0. The van der Waals surface area contributed by atoms with Gasteiger partial charge in [-0.25, -0.2) is 18.4 Å². The number of hydrazine groups is 2. The van der Waals surface area contributed by atoms with Crippen LogP contribution >= 0.6 is 0 Å². The lowest BCUT2D eigenvalue weighted by atomic mass is 10.3. The van der Waals surface area contributed by atoms with E-state index in [1.807, 2.05) is 0 Å². The fourth-order valence-corrected chi connectivity index (χ4v) is 5.26. The predicted molar refractivity (Wildman–Crippen MR) is 140 cm³/mol. The van der Waals surface area contributed by atoms with E-state index in [1.165, 1.54) is 48.5 Å². The highest BCUT2D eigenvalue weighted by molar-refractivity contribution is 7.80. The largest absolute Gasteiger partial charge is 0.453 e. The summed E-state index contributed by atoms with van der Waals surface area (Å²) in [6.45, 7) is 3.08. The van der Waals surface area contributed by atoms with Crippen molar-refractivity contribution in [1.82, 2.24) is 10.0 Å². The number of morpholine rings is 2. The van der Waals surface area contributed by atoms with Gasteiger partial charge in [0.15, 0.2) is 0 Å². The second kappa shape index (κ2) is 14.2. The first-order valence-corrected chi connectivity index (χ1v) is 14.2. The smallest absolute Gasteiger partial charge is 0.303 e. The number of benzene rings is 2. The van der Waals surface area contributed by atoms with Gasteiger partial charge in [-0.05, 0) is 48.5 Å². The first-order valence-electron chi connectivity index (χ1n) is 12.1. The van der Waals surface area contributed by atoms with Gasteiger partial charge in [0.2, 0.25) is 0 Å². The Morgan fingerprint density at radius 2 is 1.05 bits per heavy atom. The number of halogens is 2. The molecule has 220 valence electrons. The lowest BCUT2D eigenvalue weighted by Crippen LogP contribution is -2.49. The number of Topliss-reactive ketones (excluding diaryl/α,β-unsaturated/α-hetero) is 1. The van der Waals surface area contributed by atoms with Gasteiger partial charge in [0.05, 0.1) is 37.8 Å². The summed E-state index contributed by atoms with van der Waals surface area (Å²) >= 11 is -4.76. The molecule has 0 saturated carbocycles. The number of rotatable bonds is 12. The molecular weight excluding hydrogens is 578 g/mol. The minimum Gasteiger partial charge on any atom is -0.453 e. The molecule has 0 radical (unpaired) electrons. The normalized spacial score (nSPS) is 19.7. The standard InChI is InChI=1S/C23H28F2N4O9S2/c24-22(37-19-5-1-17(2-6-19)28(39(31)32)26-9-13-35-14-10-26)21(30)23(25)38-20-7-3-18(4-8-20)29(40(33)34)27-11-15-36-16-12-27/h1-8,22-23H,9-16H2,(H,31,32)(H,33,34). The van der Waals surface area contributed by atoms with Crippen LogP contribution in [0.15, 0.2) is 48.5 Å². The van der Waals surface area contributed by atoms with E-state index < -0.39 is 41.0 Å². The number of ether oxygens (including phenoxy) is 4. The maximum absolute atomic E-state index is 14.5. The molecule has 2 aromatic carbocycles. The van der Waals surface area contributed by atoms with Crippen molar-refractivity contribution in [1.29, 1.82) is 0 Å². The van der Waals surface area contributed by atoms with Gasteiger partial charge in [-0.1, -0.05) is 0 Å². The minimum absolute atomic E-state index is 0.119. The third kappa shape index (κ3) is 7.70. The van der Waals surface area contributed by atoms with Crippen molar-refractivity contribution in [2.45, 2.75) is 12.7 Å². The van der Waals surface area contributed by atoms with Crippen molar-refractivity contribution in [3.63, 3.8) is 0 Å². The highest BCUT2D eigenvalue weighted by Crippen LogP contribution is 2.26. The van der Waals surface area contributed by atoms with E-state index in [9.17, 15) is 31.1 Å². The molecule has 2 N–H and O–H groups in total. The van der Waals surface area contributed by atoms with Gasteiger partial charge < -0.3 is 18.9 Å². The van der Waals surface area contributed by atoms with Crippen LogP contribution in [-0.4, -0.2) is 98.6 Å². The van der Waals surface area contributed by atoms with Crippen LogP contribution in [0.4, 0.5) is 20.2 Å². The van der Waals surface area contributed by atoms with Crippen molar-refractivity contribution in [3.05, 3.63) is 48.5 Å². The van der Waals surface area contributed by atoms with E-state index in [0.717, 1.165) is 8.83 Å². The average Bonchev–Trinajstić information content (AvgIpc) is 2.95. The lowest BCUT2D eigenvalue weighted by molar-refractivity contribution is -0.148. The van der Waals surface area contributed by atoms with Crippen LogP contribution in [0.3, 0.4) is 0 Å². The maximum Gasteiger partial charge on any atom is 0.303 e. The molecule has 40 heavy (non-hydrogen) atoms. The third-order valence-electron chi connectivity index (χ3n) is 5.83. The molecule has 2 heterocycles. The van der Waals surface area contributed by atoms with Crippen LogP contribution in [0.2, 0.25) is 0 Å². The van der Waals surface area contributed by atoms with Crippen molar-refractivity contribution in [2.24, 2.45) is 0 Å². The lowest BCUT2D eigenvalue weighted by Gasteiger charge is -2.35. The van der Waals surface area contributed by atoms with E-state index in [4.69, 9.17) is 18.9 Å². The van der Waals surface area contributed by atoms with Gasteiger partial charge in [0.25, 0.3) is 28.3 Å². The Hall–Kier alpha value is -2.77. The summed E-state index contributed by atoms with van der Waals surface area (Å²) in [6.07, 6.45) is -5.40. The van der Waals surface area contributed by atoms with Gasteiger partial charge >= 0.3 is 12.7 Å². The summed E-state index contributed by atoms with van der Waals surface area (Å²) in [5.41, 5.74) is 0.619. The number of nitrogens with zero attached hydrogens (tertiary/aromatic N) is 4. The van der Waals surface area contributed by atoms with E-state index >= 15 is 0 Å². The second-order valence-corrected chi connectivity index (χ2v) is 10.0. The number of hydrogen-bond acceptors (Lipinski definition) is 9. The minimum atomic E-state index is -2.70. The molecule has 0 spiro atoms. The van der Waals surface area contributed by atoms with Crippen molar-refractivity contribution in [3.8, 4) is 11.5 Å². The molecule has 4 atom stereocenters. The van der Waals surface area contributed by atoms with E-state index in [0.29, 0.717) is 64.0 Å². The van der Waals surface area contributed by atoms with Crippen LogP contribution in [-0.2, 0) is 36.8 Å². The zero-order chi connectivity index (χ0) is 28.6. The van der Waals surface area contributed by atoms with Gasteiger partial charge in [-0.15, -0.1) is 0 Å². The van der Waals surface area contributed by atoms with Gasteiger partial charge in [0.1, 0.15) is 11.5 Å². The number of hydrogen-bond donors (Lipinski definition) is 2. The number of carbonyl (C=O) groups excluding carboxylic acids is 1. The van der Waals surface area contributed by atoms with Crippen LogP contribution in [0.25, 0.3) is 0 Å². The summed E-state index contributed by atoms with van der Waals surface area (Å²) in [5.74, 6) is -1.86. The molecule has 0 amide bonds. The van der Waals surface area contributed by atoms with Crippen molar-refractivity contribution < 1.29 is 50.0 Å². The Labute approximate surface area is 233 Å². The predicted octanol–water partition coefficient (Wildman–Crippen LogP) is 1.69. The first kappa shape index (κ1) is 30.2. The second-order valence-electron chi connectivity index (χ2n) is 8.40. The fraction of sp³-hybridized carbons (Fsp3) is 0.435. The van der Waals surface area contributed by atoms with E-state index in [-0.39, 0.29) is 11.5 Å². The Bertz CT molecular complexity index is 1080. The van der Waals surface area contributed by atoms with Gasteiger partial charge in [0, 0.05) is 26.2 Å². The SMILES string of the molecule is O=C(C(F)Oc1ccc(N(N2CCOCC2)S(=O)O)cc1)C(F)Oc1ccc(N(N2CCOCC2)S(=O)O)cc1. The molecule has 13 nitrogen and oxygen atoms in total. The van der Waals surface area contributed by atoms with E-state index in [1.54, 1.807) is 10.0 Å². The molecular formula is C23H28F2N4O9S2. The molecule has 2 saturated heterocycles. The molecule has 2 fully saturated rings. The maximum atomic E-state index is 14.5. The molecule has 2 aromatic rings. The highest BCUT2D eigenvalue weighted by atomic mass is 32.2. The number of ketones is 1. The van der Waals surface area contributed by atoms with Crippen molar-refractivity contribution >= 4 is 39.7 Å². The number of anilines is 2. The summed E-state index contributed by atoms with van der Waals surface area (Å²) in [5, 5.41) is 3.25. The average molecular weight is 607 g/mol. The molecule has 0 bridgehead atoms. The molecule has 2 aliphatic heterocycles. The molecule has 2 aliphatic rings. The van der Waals surface area contributed by atoms with Crippen LogP contribution in [0, 0.1) is 0 Å². The molecule has 17 heteroatoms. The quantitative estimate of drug-likeness (QED) is 0.341. The zero-order valence-electron chi connectivity index (χ0n) is 21.0. The third-order valence-corrected chi connectivity index (χ3v) is 7.30. The first-order chi connectivity index (χ1) is 19.2. The number of alkyl halides is 2. The van der Waals surface area contributed by atoms with Crippen molar-refractivity contribution in [2.75, 3.05) is 61.4 Å². The Kier molecular flexibility index (Phi) is 10.7. The topological polar surface area (TPSA) is 142 Å². The van der Waals surface area contributed by atoms with Gasteiger partial charge in [-0.3, -0.25) is 13.9 Å². The van der Waals surface area contributed by atoms with Crippen LogP contribution in [0.1, 0.15) is 0 Å². The monoisotopic (exact) mass is 606 g/mol. The number of carbonyl (C=O) groups is 1. The highest BCUT2D eigenvalue weighted by Gasteiger charge is 2.31. The molecule has 4 rings (SSSR count). The summed E-state index contributed by atoms with van der Waals surface area (Å²) in [6, 6.07) is 10.6. The molecule has 4 unspecified atom stereocenters. The Balaban J connectivity index is 1.33. The van der Waals surface area contributed by atoms with Crippen LogP contribution in [0.5, 0.6) is 11.5 Å². The van der Waals surface area contributed by atoms with Crippen LogP contribution < -0.4 is 18.3 Å².